The number of rotatable bonds is 5. The quantitative estimate of drug-likeness (QED) is 0.681. The number of amides is 1. The fraction of sp³-hybridized carbons (Fsp3) is 0.222. The van der Waals surface area contributed by atoms with Gasteiger partial charge in [0.25, 0.3) is 0 Å². The van der Waals surface area contributed by atoms with Gasteiger partial charge in [-0.2, -0.15) is 0 Å². The second kappa shape index (κ2) is 6.52. The molecule has 0 fully saturated rings. The first-order valence-electron chi connectivity index (χ1n) is 7.45. The predicted molar refractivity (Wildman–Crippen MR) is 87.6 cm³/mol. The standard InChI is InChI=1S/C18H18N2O3/c1-12(15-6-7-17-16(10-15)8-9-22-17)20-23-11-13-2-4-14(5-3-13)18(19)21/h2-7,10H,8-9,11H2,1H3,(H2,19,21)/b20-12+. The Hall–Kier alpha value is -2.82. The maximum absolute atomic E-state index is 11.0. The van der Waals surface area contributed by atoms with Crippen LogP contribution in [0.2, 0.25) is 0 Å². The number of hydrogen-bond acceptors (Lipinski definition) is 4. The first-order valence-corrected chi connectivity index (χ1v) is 7.45. The van der Waals surface area contributed by atoms with Gasteiger partial charge < -0.3 is 15.3 Å². The summed E-state index contributed by atoms with van der Waals surface area (Å²) >= 11 is 0. The highest BCUT2D eigenvalue weighted by molar-refractivity contribution is 5.98. The van der Waals surface area contributed by atoms with Gasteiger partial charge in [-0.25, -0.2) is 0 Å². The summed E-state index contributed by atoms with van der Waals surface area (Å²) in [5, 5.41) is 4.16. The smallest absolute Gasteiger partial charge is 0.248 e. The number of hydrogen-bond donors (Lipinski definition) is 1. The molecule has 5 heteroatoms. The van der Waals surface area contributed by atoms with Crippen LogP contribution in [-0.2, 0) is 17.9 Å². The van der Waals surface area contributed by atoms with Crippen LogP contribution in [0.4, 0.5) is 0 Å². The SMILES string of the molecule is C/C(=N\OCc1ccc(C(N)=O)cc1)c1ccc2c(c1)CCO2. The molecular formula is C18H18N2O3. The summed E-state index contributed by atoms with van der Waals surface area (Å²) in [7, 11) is 0. The maximum Gasteiger partial charge on any atom is 0.248 e. The van der Waals surface area contributed by atoms with E-state index in [0.717, 1.165) is 35.6 Å². The van der Waals surface area contributed by atoms with Crippen molar-refractivity contribution in [2.45, 2.75) is 20.0 Å². The highest BCUT2D eigenvalue weighted by Gasteiger charge is 2.12. The molecule has 0 saturated heterocycles. The van der Waals surface area contributed by atoms with Gasteiger partial charge in [-0.05, 0) is 53.9 Å². The number of nitrogens with two attached hydrogens (primary N) is 1. The number of fused-ring (bicyclic) bond motifs is 1. The van der Waals surface area contributed by atoms with Crippen LogP contribution in [0.25, 0.3) is 0 Å². The lowest BCUT2D eigenvalue weighted by Crippen LogP contribution is -2.10. The van der Waals surface area contributed by atoms with Crippen molar-refractivity contribution in [3.05, 3.63) is 64.7 Å². The van der Waals surface area contributed by atoms with E-state index in [1.54, 1.807) is 24.3 Å². The molecule has 2 N–H and O–H groups in total. The van der Waals surface area contributed by atoms with E-state index >= 15 is 0 Å². The molecule has 1 heterocycles. The Balaban J connectivity index is 1.62. The number of carbonyl (C=O) groups is 1. The van der Waals surface area contributed by atoms with Gasteiger partial charge in [0, 0.05) is 12.0 Å². The molecule has 0 radical (unpaired) electrons. The van der Waals surface area contributed by atoms with E-state index in [9.17, 15) is 4.79 Å². The molecule has 2 aromatic carbocycles. The minimum atomic E-state index is -0.438. The van der Waals surface area contributed by atoms with E-state index in [1.807, 2.05) is 19.1 Å². The molecule has 0 bridgehead atoms. The average Bonchev–Trinajstić information content (AvgIpc) is 3.02. The van der Waals surface area contributed by atoms with Crippen LogP contribution >= 0.6 is 0 Å². The monoisotopic (exact) mass is 310 g/mol. The summed E-state index contributed by atoms with van der Waals surface area (Å²) in [6, 6.07) is 13.0. The van der Waals surface area contributed by atoms with Gasteiger partial charge in [0.05, 0.1) is 12.3 Å². The minimum absolute atomic E-state index is 0.338. The Morgan fingerprint density at radius 1 is 1.22 bits per heavy atom. The van der Waals surface area contributed by atoms with Gasteiger partial charge in [0.2, 0.25) is 5.91 Å². The lowest BCUT2D eigenvalue weighted by Gasteiger charge is -2.05. The van der Waals surface area contributed by atoms with Crippen LogP contribution in [0.15, 0.2) is 47.6 Å². The van der Waals surface area contributed by atoms with E-state index in [4.69, 9.17) is 15.3 Å². The second-order valence-corrected chi connectivity index (χ2v) is 5.43. The summed E-state index contributed by atoms with van der Waals surface area (Å²) in [6.07, 6.45) is 0.934. The van der Waals surface area contributed by atoms with E-state index in [-0.39, 0.29) is 0 Å². The molecule has 0 unspecified atom stereocenters. The molecule has 0 atom stereocenters. The van der Waals surface area contributed by atoms with E-state index in [2.05, 4.69) is 11.2 Å². The zero-order chi connectivity index (χ0) is 16.2. The van der Waals surface area contributed by atoms with Crippen LogP contribution in [0.5, 0.6) is 5.75 Å². The Labute approximate surface area is 134 Å². The lowest BCUT2D eigenvalue weighted by atomic mass is 10.1. The summed E-state index contributed by atoms with van der Waals surface area (Å²) < 4.78 is 5.49. The summed E-state index contributed by atoms with van der Waals surface area (Å²) in [5.41, 5.74) is 9.66. The highest BCUT2D eigenvalue weighted by atomic mass is 16.6. The van der Waals surface area contributed by atoms with Crippen molar-refractivity contribution in [1.82, 2.24) is 0 Å². The molecule has 0 saturated carbocycles. The Bertz CT molecular complexity index is 751. The summed E-state index contributed by atoms with van der Waals surface area (Å²) in [6.45, 7) is 2.99. The second-order valence-electron chi connectivity index (χ2n) is 5.43. The number of oxime groups is 1. The largest absolute Gasteiger partial charge is 0.493 e. The summed E-state index contributed by atoms with van der Waals surface area (Å²) in [4.78, 5) is 16.4. The average molecular weight is 310 g/mol. The molecule has 118 valence electrons. The number of nitrogens with zero attached hydrogens (tertiary/aromatic N) is 1. The fourth-order valence-corrected chi connectivity index (χ4v) is 2.43. The Morgan fingerprint density at radius 2 is 1.96 bits per heavy atom. The zero-order valence-electron chi connectivity index (χ0n) is 12.9. The fourth-order valence-electron chi connectivity index (χ4n) is 2.43. The van der Waals surface area contributed by atoms with E-state index in [1.165, 1.54) is 5.56 Å². The molecule has 0 aliphatic carbocycles. The van der Waals surface area contributed by atoms with Gasteiger partial charge in [0.15, 0.2) is 0 Å². The van der Waals surface area contributed by atoms with Crippen LogP contribution in [0, 0.1) is 0 Å². The van der Waals surface area contributed by atoms with E-state index in [0.29, 0.717) is 12.2 Å². The van der Waals surface area contributed by atoms with E-state index < -0.39 is 5.91 Å². The number of ether oxygens (including phenoxy) is 1. The predicted octanol–water partition coefficient (Wildman–Crippen LogP) is 2.66. The minimum Gasteiger partial charge on any atom is -0.493 e. The lowest BCUT2D eigenvalue weighted by molar-refractivity contribution is 0.1000. The highest BCUT2D eigenvalue weighted by Crippen LogP contribution is 2.26. The third-order valence-corrected chi connectivity index (χ3v) is 3.78. The molecule has 1 amide bonds. The number of carbonyl (C=O) groups excluding carboxylic acids is 1. The maximum atomic E-state index is 11.0. The van der Waals surface area contributed by atoms with Crippen LogP contribution in [0.1, 0.15) is 34.0 Å². The molecule has 1 aliphatic heterocycles. The normalized spacial score (nSPS) is 13.3. The van der Waals surface area contributed by atoms with Crippen LogP contribution in [0.3, 0.4) is 0 Å². The molecule has 2 aromatic rings. The molecule has 1 aliphatic rings. The zero-order valence-corrected chi connectivity index (χ0v) is 12.9. The number of primary amides is 1. The summed E-state index contributed by atoms with van der Waals surface area (Å²) in [5.74, 6) is 0.518. The third-order valence-electron chi connectivity index (χ3n) is 3.78. The van der Waals surface area contributed by atoms with Gasteiger partial charge >= 0.3 is 0 Å². The topological polar surface area (TPSA) is 73.9 Å². The molecule has 3 rings (SSSR count). The molecule has 0 aromatic heterocycles. The van der Waals surface area contributed by atoms with Crippen molar-refractivity contribution >= 4 is 11.6 Å². The molecule has 23 heavy (non-hydrogen) atoms. The van der Waals surface area contributed by atoms with Crippen molar-refractivity contribution in [1.29, 1.82) is 0 Å². The first-order chi connectivity index (χ1) is 11.1. The van der Waals surface area contributed by atoms with Crippen molar-refractivity contribution in [2.75, 3.05) is 6.61 Å². The van der Waals surface area contributed by atoms with Crippen molar-refractivity contribution in [3.63, 3.8) is 0 Å². The first kappa shape index (κ1) is 15.1. The van der Waals surface area contributed by atoms with Gasteiger partial charge in [-0.1, -0.05) is 17.3 Å². The van der Waals surface area contributed by atoms with Gasteiger partial charge in [-0.15, -0.1) is 0 Å². The molecule has 0 spiro atoms. The third kappa shape index (κ3) is 3.51. The van der Waals surface area contributed by atoms with Crippen LogP contribution in [-0.4, -0.2) is 18.2 Å². The Kier molecular flexibility index (Phi) is 4.28. The molecular weight excluding hydrogens is 292 g/mol. The van der Waals surface area contributed by atoms with Gasteiger partial charge in [-0.3, -0.25) is 4.79 Å². The van der Waals surface area contributed by atoms with Gasteiger partial charge in [0.1, 0.15) is 12.4 Å². The van der Waals surface area contributed by atoms with Crippen LogP contribution < -0.4 is 10.5 Å². The van der Waals surface area contributed by atoms with Crippen molar-refractivity contribution < 1.29 is 14.4 Å². The molecule has 5 nitrogen and oxygen atoms in total. The Morgan fingerprint density at radius 3 is 2.70 bits per heavy atom. The van der Waals surface area contributed by atoms with Crippen molar-refractivity contribution in [3.8, 4) is 5.75 Å². The number of benzene rings is 2. The van der Waals surface area contributed by atoms with Crippen molar-refractivity contribution in [2.24, 2.45) is 10.9 Å².